The molecular formula is C23H32N4O5. The van der Waals surface area contributed by atoms with Crippen LogP contribution < -0.4 is 5.69 Å². The van der Waals surface area contributed by atoms with Crippen molar-refractivity contribution in [3.63, 3.8) is 0 Å². The molecule has 32 heavy (non-hydrogen) atoms. The van der Waals surface area contributed by atoms with Gasteiger partial charge >= 0.3 is 17.8 Å². The zero-order valence-corrected chi connectivity index (χ0v) is 18.9. The van der Waals surface area contributed by atoms with Crippen LogP contribution in [-0.2, 0) is 20.8 Å². The van der Waals surface area contributed by atoms with Gasteiger partial charge in [0.15, 0.2) is 0 Å². The zero-order chi connectivity index (χ0) is 22.7. The molecule has 174 valence electrons. The Kier molecular flexibility index (Phi) is 6.83. The van der Waals surface area contributed by atoms with Crippen molar-refractivity contribution in [2.75, 3.05) is 39.9 Å². The number of carbonyl (C=O) groups is 2. The lowest BCUT2D eigenvalue weighted by atomic mass is 9.97. The van der Waals surface area contributed by atoms with E-state index in [0.717, 1.165) is 62.9 Å². The highest BCUT2D eigenvalue weighted by Gasteiger charge is 2.31. The summed E-state index contributed by atoms with van der Waals surface area (Å²) >= 11 is 0. The molecule has 2 aromatic rings. The van der Waals surface area contributed by atoms with Crippen molar-refractivity contribution in [3.8, 4) is 0 Å². The van der Waals surface area contributed by atoms with Gasteiger partial charge in [0, 0.05) is 45.2 Å². The van der Waals surface area contributed by atoms with Crippen molar-refractivity contribution in [3.05, 3.63) is 34.7 Å². The summed E-state index contributed by atoms with van der Waals surface area (Å²) in [5, 5.41) is 0. The van der Waals surface area contributed by atoms with Crippen molar-refractivity contribution >= 4 is 23.1 Å². The molecule has 0 unspecified atom stereocenters. The normalized spacial score (nSPS) is 18.8. The summed E-state index contributed by atoms with van der Waals surface area (Å²) in [5.74, 6) is -0.341. The second kappa shape index (κ2) is 9.77. The monoisotopic (exact) mass is 444 g/mol. The standard InChI is InChI=1S/C23H32N4O5/c1-17(28)32-16-15-26-20-5-3-4-6-21(20)27(22(26)29)19-9-11-24(12-10-19)18-7-13-25(14-8-18)23(30)31-2/h3-6,18-19H,7-16H2,1-2H3. The SMILES string of the molecule is COC(=O)N1CCC(N2CCC(n3c(=O)n(CCOC(C)=O)c4ccccc43)CC2)CC1. The largest absolute Gasteiger partial charge is 0.464 e. The van der Waals surface area contributed by atoms with Gasteiger partial charge in [0.2, 0.25) is 0 Å². The van der Waals surface area contributed by atoms with E-state index in [1.807, 2.05) is 28.8 Å². The van der Waals surface area contributed by atoms with Crippen molar-refractivity contribution in [1.82, 2.24) is 18.9 Å². The average molecular weight is 445 g/mol. The molecule has 1 aromatic heterocycles. The lowest BCUT2D eigenvalue weighted by Crippen LogP contribution is -2.49. The highest BCUT2D eigenvalue weighted by atomic mass is 16.5. The number of para-hydroxylation sites is 2. The fraction of sp³-hybridized carbons (Fsp3) is 0.609. The Labute approximate surface area is 187 Å². The van der Waals surface area contributed by atoms with E-state index in [9.17, 15) is 14.4 Å². The van der Waals surface area contributed by atoms with Crippen LogP contribution in [0.2, 0.25) is 0 Å². The van der Waals surface area contributed by atoms with E-state index < -0.39 is 0 Å². The topological polar surface area (TPSA) is 86.0 Å². The number of hydrogen-bond donors (Lipinski definition) is 0. The first kappa shape index (κ1) is 22.4. The number of amides is 1. The molecule has 0 bridgehead atoms. The quantitative estimate of drug-likeness (QED) is 0.658. The predicted octanol–water partition coefficient (Wildman–Crippen LogP) is 2.23. The second-order valence-electron chi connectivity index (χ2n) is 8.59. The number of aromatic nitrogens is 2. The minimum Gasteiger partial charge on any atom is -0.464 e. The van der Waals surface area contributed by atoms with Gasteiger partial charge in [-0.05, 0) is 37.8 Å². The summed E-state index contributed by atoms with van der Waals surface area (Å²) < 4.78 is 13.5. The van der Waals surface area contributed by atoms with Gasteiger partial charge in [0.1, 0.15) is 6.61 Å². The molecule has 9 nitrogen and oxygen atoms in total. The number of esters is 1. The average Bonchev–Trinajstić information content (AvgIpc) is 3.10. The Hall–Kier alpha value is -2.81. The number of nitrogens with zero attached hydrogens (tertiary/aromatic N) is 4. The fourth-order valence-corrected chi connectivity index (χ4v) is 5.13. The van der Waals surface area contributed by atoms with E-state index >= 15 is 0 Å². The smallest absolute Gasteiger partial charge is 0.409 e. The first-order valence-corrected chi connectivity index (χ1v) is 11.4. The van der Waals surface area contributed by atoms with Crippen LogP contribution in [-0.4, -0.2) is 76.9 Å². The van der Waals surface area contributed by atoms with Crippen molar-refractivity contribution < 1.29 is 19.1 Å². The van der Waals surface area contributed by atoms with Crippen LogP contribution >= 0.6 is 0 Å². The predicted molar refractivity (Wildman–Crippen MR) is 120 cm³/mol. The third-order valence-electron chi connectivity index (χ3n) is 6.77. The Morgan fingerprint density at radius 1 is 0.969 bits per heavy atom. The second-order valence-corrected chi connectivity index (χ2v) is 8.59. The summed E-state index contributed by atoms with van der Waals surface area (Å²) in [7, 11) is 1.43. The van der Waals surface area contributed by atoms with E-state index in [0.29, 0.717) is 12.6 Å². The van der Waals surface area contributed by atoms with Crippen LogP contribution in [0.4, 0.5) is 4.79 Å². The third kappa shape index (κ3) is 4.53. The number of imidazole rings is 1. The molecule has 0 atom stereocenters. The Bertz CT molecular complexity index is 1010. The van der Waals surface area contributed by atoms with Crippen molar-refractivity contribution in [1.29, 1.82) is 0 Å². The minimum absolute atomic E-state index is 0.0387. The molecule has 1 amide bonds. The van der Waals surface area contributed by atoms with Gasteiger partial charge in [-0.15, -0.1) is 0 Å². The van der Waals surface area contributed by atoms with Crippen LogP contribution in [0.5, 0.6) is 0 Å². The van der Waals surface area contributed by atoms with Crippen LogP contribution in [0.1, 0.15) is 38.6 Å². The molecule has 0 saturated carbocycles. The van der Waals surface area contributed by atoms with Gasteiger partial charge in [0.05, 0.1) is 24.7 Å². The molecule has 3 heterocycles. The van der Waals surface area contributed by atoms with Gasteiger partial charge in [0.25, 0.3) is 0 Å². The van der Waals surface area contributed by atoms with Gasteiger partial charge in [-0.25, -0.2) is 9.59 Å². The van der Waals surface area contributed by atoms with Crippen molar-refractivity contribution in [2.24, 2.45) is 0 Å². The maximum Gasteiger partial charge on any atom is 0.409 e. The molecule has 0 aliphatic carbocycles. The Balaban J connectivity index is 1.43. The van der Waals surface area contributed by atoms with E-state index in [2.05, 4.69) is 4.90 Å². The summed E-state index contributed by atoms with van der Waals surface area (Å²) in [6.07, 6.45) is 3.49. The maximum atomic E-state index is 13.3. The third-order valence-corrected chi connectivity index (χ3v) is 6.77. The Morgan fingerprint density at radius 2 is 1.59 bits per heavy atom. The summed E-state index contributed by atoms with van der Waals surface area (Å²) in [6, 6.07) is 8.45. The lowest BCUT2D eigenvalue weighted by molar-refractivity contribution is -0.141. The van der Waals surface area contributed by atoms with Crippen LogP contribution in [0, 0.1) is 0 Å². The molecular weight excluding hydrogens is 412 g/mol. The van der Waals surface area contributed by atoms with Crippen LogP contribution in [0.15, 0.2) is 29.1 Å². The first-order valence-electron chi connectivity index (χ1n) is 11.4. The number of rotatable bonds is 5. The lowest BCUT2D eigenvalue weighted by Gasteiger charge is -2.41. The van der Waals surface area contributed by atoms with E-state index in [1.165, 1.54) is 14.0 Å². The summed E-state index contributed by atoms with van der Waals surface area (Å²) in [6.45, 7) is 5.24. The van der Waals surface area contributed by atoms with Gasteiger partial charge in [-0.2, -0.15) is 0 Å². The van der Waals surface area contributed by atoms with Crippen LogP contribution in [0.25, 0.3) is 11.0 Å². The number of fused-ring (bicyclic) bond motifs is 1. The summed E-state index contributed by atoms with van der Waals surface area (Å²) in [5.41, 5.74) is 1.77. The van der Waals surface area contributed by atoms with Gasteiger partial charge < -0.3 is 19.3 Å². The molecule has 2 saturated heterocycles. The summed E-state index contributed by atoms with van der Waals surface area (Å²) in [4.78, 5) is 40.4. The zero-order valence-electron chi connectivity index (χ0n) is 18.9. The van der Waals surface area contributed by atoms with Gasteiger partial charge in [-0.3, -0.25) is 13.9 Å². The molecule has 2 aliphatic heterocycles. The molecule has 1 aromatic carbocycles. The number of carbonyl (C=O) groups excluding carboxylic acids is 2. The number of piperidine rings is 2. The molecule has 0 radical (unpaired) electrons. The maximum absolute atomic E-state index is 13.3. The molecule has 0 spiro atoms. The van der Waals surface area contributed by atoms with E-state index in [-0.39, 0.29) is 30.4 Å². The highest BCUT2D eigenvalue weighted by molar-refractivity contribution is 5.76. The fourth-order valence-electron chi connectivity index (χ4n) is 5.13. The number of benzene rings is 1. The number of likely N-dealkylation sites (tertiary alicyclic amines) is 2. The molecule has 2 fully saturated rings. The first-order chi connectivity index (χ1) is 15.5. The minimum atomic E-state index is -0.341. The molecule has 4 rings (SSSR count). The van der Waals surface area contributed by atoms with Crippen molar-refractivity contribution in [2.45, 2.75) is 51.2 Å². The number of ether oxygens (including phenoxy) is 2. The number of methoxy groups -OCH3 is 1. The number of hydrogen-bond acceptors (Lipinski definition) is 6. The molecule has 2 aliphatic rings. The van der Waals surface area contributed by atoms with E-state index in [4.69, 9.17) is 9.47 Å². The Morgan fingerprint density at radius 3 is 2.22 bits per heavy atom. The highest BCUT2D eigenvalue weighted by Crippen LogP contribution is 2.29. The molecule has 9 heteroatoms. The van der Waals surface area contributed by atoms with E-state index in [1.54, 1.807) is 9.47 Å². The van der Waals surface area contributed by atoms with Gasteiger partial charge in [-0.1, -0.05) is 12.1 Å². The molecule has 0 N–H and O–H groups in total. The van der Waals surface area contributed by atoms with Crippen LogP contribution in [0.3, 0.4) is 0 Å².